The summed E-state index contributed by atoms with van der Waals surface area (Å²) in [5.41, 5.74) is 0.384. The summed E-state index contributed by atoms with van der Waals surface area (Å²) in [6.45, 7) is 2.08. The zero-order valence-electron chi connectivity index (χ0n) is 10.3. The Hall–Kier alpha value is -1.14. The topological polar surface area (TPSA) is 62.8 Å². The maximum Gasteiger partial charge on any atom is 0.175 e. The molecule has 1 fully saturated rings. The standard InChI is InChI=1S/C12H17FN2O2S/c1-18(16,17)10-2-3-12(11(13)8-10)15-9-4-6-14-7-5-9/h2-3,8-9,14-15H,4-7H2,1H3/p+1. The van der Waals surface area contributed by atoms with E-state index in [0.29, 0.717) is 5.69 Å². The summed E-state index contributed by atoms with van der Waals surface area (Å²) in [5, 5.41) is 5.38. The van der Waals surface area contributed by atoms with Crippen molar-refractivity contribution < 1.29 is 18.1 Å². The molecular weight excluding hydrogens is 255 g/mol. The fraction of sp³-hybridized carbons (Fsp3) is 0.500. The van der Waals surface area contributed by atoms with E-state index in [1.165, 1.54) is 12.1 Å². The molecule has 0 atom stereocenters. The van der Waals surface area contributed by atoms with Gasteiger partial charge in [-0.05, 0) is 18.2 Å². The molecule has 0 aliphatic carbocycles. The number of nitrogens with one attached hydrogen (secondary N) is 1. The second kappa shape index (κ2) is 5.24. The Bertz CT molecular complexity index is 525. The highest BCUT2D eigenvalue weighted by Crippen LogP contribution is 2.20. The van der Waals surface area contributed by atoms with E-state index in [4.69, 9.17) is 0 Å². The number of sulfone groups is 1. The van der Waals surface area contributed by atoms with E-state index in [2.05, 4.69) is 10.6 Å². The Morgan fingerprint density at radius 1 is 1.33 bits per heavy atom. The molecule has 0 radical (unpaired) electrons. The Kier molecular flexibility index (Phi) is 3.87. The van der Waals surface area contributed by atoms with Gasteiger partial charge in [0.25, 0.3) is 0 Å². The van der Waals surface area contributed by atoms with Crippen LogP contribution in [0.5, 0.6) is 0 Å². The molecular formula is C12H18FN2O2S+. The summed E-state index contributed by atoms with van der Waals surface area (Å²) < 4.78 is 36.4. The highest BCUT2D eigenvalue weighted by molar-refractivity contribution is 7.90. The minimum atomic E-state index is -3.35. The van der Waals surface area contributed by atoms with E-state index in [-0.39, 0.29) is 10.9 Å². The van der Waals surface area contributed by atoms with Crippen molar-refractivity contribution in [2.75, 3.05) is 24.7 Å². The van der Waals surface area contributed by atoms with Crippen LogP contribution in [0.1, 0.15) is 12.8 Å². The third-order valence-electron chi connectivity index (χ3n) is 3.17. The van der Waals surface area contributed by atoms with E-state index in [9.17, 15) is 12.8 Å². The molecule has 2 rings (SSSR count). The van der Waals surface area contributed by atoms with Crippen molar-refractivity contribution in [3.8, 4) is 0 Å². The van der Waals surface area contributed by atoms with Gasteiger partial charge in [0.15, 0.2) is 9.84 Å². The van der Waals surface area contributed by atoms with Crippen LogP contribution in [0.25, 0.3) is 0 Å². The molecule has 3 N–H and O–H groups in total. The van der Waals surface area contributed by atoms with E-state index >= 15 is 0 Å². The lowest BCUT2D eigenvalue weighted by atomic mass is 10.1. The van der Waals surface area contributed by atoms with Crippen LogP contribution in [0.15, 0.2) is 23.1 Å². The largest absolute Gasteiger partial charge is 0.379 e. The molecule has 0 spiro atoms. The van der Waals surface area contributed by atoms with Crippen LogP contribution in [0.3, 0.4) is 0 Å². The normalized spacial score (nSPS) is 17.7. The van der Waals surface area contributed by atoms with Gasteiger partial charge in [0.1, 0.15) is 5.82 Å². The third-order valence-corrected chi connectivity index (χ3v) is 4.28. The number of hydrogen-bond acceptors (Lipinski definition) is 3. The molecule has 0 bridgehead atoms. The molecule has 1 aromatic rings. The van der Waals surface area contributed by atoms with E-state index < -0.39 is 15.7 Å². The van der Waals surface area contributed by atoms with Crippen molar-refractivity contribution in [1.82, 2.24) is 0 Å². The fourth-order valence-corrected chi connectivity index (χ4v) is 2.77. The van der Waals surface area contributed by atoms with Crippen molar-refractivity contribution in [3.05, 3.63) is 24.0 Å². The summed E-state index contributed by atoms with van der Waals surface area (Å²) in [5.74, 6) is -0.507. The average molecular weight is 273 g/mol. The summed E-state index contributed by atoms with van der Waals surface area (Å²) in [4.78, 5) is 0.0162. The highest BCUT2D eigenvalue weighted by atomic mass is 32.2. The second-order valence-electron chi connectivity index (χ2n) is 4.70. The van der Waals surface area contributed by atoms with Crippen LogP contribution >= 0.6 is 0 Å². The molecule has 0 unspecified atom stereocenters. The lowest BCUT2D eigenvalue weighted by Gasteiger charge is -2.23. The van der Waals surface area contributed by atoms with Gasteiger partial charge in [-0.15, -0.1) is 0 Å². The molecule has 1 heterocycles. The van der Waals surface area contributed by atoms with Gasteiger partial charge >= 0.3 is 0 Å². The van der Waals surface area contributed by atoms with E-state index in [1.807, 2.05) is 0 Å². The zero-order valence-corrected chi connectivity index (χ0v) is 11.1. The molecule has 4 nitrogen and oxygen atoms in total. The minimum Gasteiger partial charge on any atom is -0.379 e. The Balaban J connectivity index is 2.14. The first-order chi connectivity index (χ1) is 8.47. The van der Waals surface area contributed by atoms with Crippen molar-refractivity contribution in [2.45, 2.75) is 23.8 Å². The van der Waals surface area contributed by atoms with Gasteiger partial charge in [0.05, 0.1) is 23.7 Å². The van der Waals surface area contributed by atoms with Gasteiger partial charge in [0.2, 0.25) is 0 Å². The quantitative estimate of drug-likeness (QED) is 0.836. The number of piperidine rings is 1. The SMILES string of the molecule is CS(=O)(=O)c1ccc(NC2CC[NH2+]CC2)c(F)c1. The monoisotopic (exact) mass is 273 g/mol. The number of halogens is 1. The van der Waals surface area contributed by atoms with E-state index in [1.54, 1.807) is 0 Å². The van der Waals surface area contributed by atoms with Crippen molar-refractivity contribution >= 4 is 15.5 Å². The lowest BCUT2D eigenvalue weighted by molar-refractivity contribution is -0.662. The fourth-order valence-electron chi connectivity index (χ4n) is 2.13. The van der Waals surface area contributed by atoms with Gasteiger partial charge in [-0.1, -0.05) is 0 Å². The number of nitrogens with two attached hydrogens (primary N) is 1. The number of hydrogen-bond donors (Lipinski definition) is 2. The first-order valence-corrected chi connectivity index (χ1v) is 7.94. The molecule has 0 saturated carbocycles. The predicted molar refractivity (Wildman–Crippen MR) is 67.8 cm³/mol. The van der Waals surface area contributed by atoms with Gasteiger partial charge in [-0.3, -0.25) is 0 Å². The number of anilines is 1. The lowest BCUT2D eigenvalue weighted by Crippen LogP contribution is -2.87. The maximum atomic E-state index is 13.8. The first-order valence-electron chi connectivity index (χ1n) is 6.04. The average Bonchev–Trinajstić information content (AvgIpc) is 2.32. The number of benzene rings is 1. The maximum absolute atomic E-state index is 13.8. The van der Waals surface area contributed by atoms with Crippen LogP contribution in [0.2, 0.25) is 0 Å². The molecule has 1 aliphatic heterocycles. The molecule has 100 valence electrons. The Morgan fingerprint density at radius 3 is 2.56 bits per heavy atom. The molecule has 1 aliphatic rings. The van der Waals surface area contributed by atoms with Crippen molar-refractivity contribution in [3.63, 3.8) is 0 Å². The molecule has 1 saturated heterocycles. The van der Waals surface area contributed by atoms with Crippen LogP contribution in [-0.4, -0.2) is 33.8 Å². The predicted octanol–water partition coefficient (Wildman–Crippen LogP) is 0.367. The van der Waals surface area contributed by atoms with Crippen LogP contribution < -0.4 is 10.6 Å². The molecule has 6 heteroatoms. The molecule has 0 amide bonds. The van der Waals surface area contributed by atoms with Gasteiger partial charge in [-0.2, -0.15) is 0 Å². The highest BCUT2D eigenvalue weighted by Gasteiger charge is 2.17. The Labute approximate surface area is 107 Å². The van der Waals surface area contributed by atoms with Crippen LogP contribution in [0.4, 0.5) is 10.1 Å². The summed E-state index contributed by atoms with van der Waals surface area (Å²) >= 11 is 0. The van der Waals surface area contributed by atoms with Gasteiger partial charge in [-0.25, -0.2) is 12.8 Å². The zero-order chi connectivity index (χ0) is 13.2. The number of rotatable bonds is 3. The minimum absolute atomic E-state index is 0.0162. The van der Waals surface area contributed by atoms with Gasteiger partial charge in [0, 0.05) is 25.1 Å². The van der Waals surface area contributed by atoms with Crippen LogP contribution in [-0.2, 0) is 9.84 Å². The van der Waals surface area contributed by atoms with Crippen LogP contribution in [0, 0.1) is 5.82 Å². The number of quaternary nitrogens is 1. The first kappa shape index (κ1) is 13.3. The second-order valence-corrected chi connectivity index (χ2v) is 6.71. The van der Waals surface area contributed by atoms with Crippen molar-refractivity contribution in [2.24, 2.45) is 0 Å². The Morgan fingerprint density at radius 2 is 2.00 bits per heavy atom. The third kappa shape index (κ3) is 3.20. The van der Waals surface area contributed by atoms with Crippen molar-refractivity contribution in [1.29, 1.82) is 0 Å². The van der Waals surface area contributed by atoms with Gasteiger partial charge < -0.3 is 10.6 Å². The summed E-state index contributed by atoms with van der Waals surface area (Å²) in [6.07, 6.45) is 3.06. The summed E-state index contributed by atoms with van der Waals surface area (Å²) in [7, 11) is -3.35. The molecule has 18 heavy (non-hydrogen) atoms. The molecule has 0 aromatic heterocycles. The summed E-state index contributed by atoms with van der Waals surface area (Å²) in [6, 6.07) is 4.29. The molecule has 1 aromatic carbocycles. The van der Waals surface area contributed by atoms with E-state index in [0.717, 1.165) is 38.3 Å². The smallest absolute Gasteiger partial charge is 0.175 e.